The summed E-state index contributed by atoms with van der Waals surface area (Å²) in [7, 11) is 1.60. The average molecular weight is 220 g/mol. The van der Waals surface area contributed by atoms with Gasteiger partial charge in [-0.15, -0.1) is 0 Å². The van der Waals surface area contributed by atoms with Gasteiger partial charge in [-0.2, -0.15) is 0 Å². The van der Waals surface area contributed by atoms with E-state index in [0.717, 1.165) is 11.3 Å². The molecule has 0 saturated carbocycles. The van der Waals surface area contributed by atoms with Crippen molar-refractivity contribution in [3.05, 3.63) is 23.8 Å². The number of ether oxygens (including phenoxy) is 1. The third-order valence-corrected chi connectivity index (χ3v) is 3.22. The summed E-state index contributed by atoms with van der Waals surface area (Å²) in [5, 5.41) is 2.87. The molecule has 1 amide bonds. The number of hydrogen-bond donors (Lipinski definition) is 2. The molecular formula is C12H16N2O2. The van der Waals surface area contributed by atoms with Crippen molar-refractivity contribution < 1.29 is 9.53 Å². The van der Waals surface area contributed by atoms with Gasteiger partial charge in [0.2, 0.25) is 5.91 Å². The highest BCUT2D eigenvalue weighted by Crippen LogP contribution is 2.44. The van der Waals surface area contributed by atoms with E-state index in [1.54, 1.807) is 7.11 Å². The van der Waals surface area contributed by atoms with E-state index in [4.69, 9.17) is 10.5 Å². The smallest absolute Gasteiger partial charge is 0.234 e. The van der Waals surface area contributed by atoms with E-state index in [9.17, 15) is 4.79 Å². The fraction of sp³-hybridized carbons (Fsp3) is 0.417. The minimum absolute atomic E-state index is 0.00236. The van der Waals surface area contributed by atoms with E-state index < -0.39 is 5.41 Å². The molecule has 3 N–H and O–H groups in total. The molecular weight excluding hydrogens is 204 g/mol. The van der Waals surface area contributed by atoms with Crippen LogP contribution in [0.2, 0.25) is 0 Å². The van der Waals surface area contributed by atoms with Gasteiger partial charge in [0.25, 0.3) is 0 Å². The maximum absolute atomic E-state index is 12.0. The van der Waals surface area contributed by atoms with Crippen molar-refractivity contribution in [2.45, 2.75) is 18.8 Å². The molecule has 1 aromatic carbocycles. The zero-order chi connectivity index (χ0) is 11.8. The molecule has 1 unspecified atom stereocenters. The summed E-state index contributed by atoms with van der Waals surface area (Å²) < 4.78 is 5.23. The molecule has 1 heterocycles. The van der Waals surface area contributed by atoms with Crippen LogP contribution in [0.5, 0.6) is 5.75 Å². The third kappa shape index (κ3) is 1.38. The fourth-order valence-electron chi connectivity index (χ4n) is 2.20. The van der Waals surface area contributed by atoms with Gasteiger partial charge >= 0.3 is 0 Å². The van der Waals surface area contributed by atoms with E-state index >= 15 is 0 Å². The van der Waals surface area contributed by atoms with Crippen molar-refractivity contribution in [1.29, 1.82) is 0 Å². The number of carbonyl (C=O) groups excluding carboxylic acids is 1. The summed E-state index contributed by atoms with van der Waals surface area (Å²) in [6, 6.07) is 5.69. The zero-order valence-electron chi connectivity index (χ0n) is 9.54. The van der Waals surface area contributed by atoms with E-state index in [1.807, 2.05) is 25.1 Å². The number of amides is 1. The Morgan fingerprint density at radius 3 is 2.88 bits per heavy atom. The summed E-state index contributed by atoms with van der Waals surface area (Å²) in [4.78, 5) is 12.0. The van der Waals surface area contributed by atoms with Crippen LogP contribution in [0.3, 0.4) is 0 Å². The van der Waals surface area contributed by atoms with Gasteiger partial charge in [-0.05, 0) is 31.5 Å². The van der Waals surface area contributed by atoms with Gasteiger partial charge in [-0.25, -0.2) is 0 Å². The molecule has 4 nitrogen and oxygen atoms in total. The Kier molecular flexibility index (Phi) is 2.59. The van der Waals surface area contributed by atoms with Crippen LogP contribution in [0, 0.1) is 0 Å². The van der Waals surface area contributed by atoms with E-state index in [2.05, 4.69) is 5.32 Å². The molecule has 1 aliphatic rings. The minimum atomic E-state index is -0.529. The van der Waals surface area contributed by atoms with Crippen molar-refractivity contribution in [1.82, 2.24) is 0 Å². The van der Waals surface area contributed by atoms with Gasteiger partial charge in [-0.3, -0.25) is 4.79 Å². The summed E-state index contributed by atoms with van der Waals surface area (Å²) in [6.45, 7) is 2.40. The number of methoxy groups -OCH3 is 1. The normalized spacial score (nSPS) is 22.8. The number of nitrogens with one attached hydrogen (secondary N) is 1. The van der Waals surface area contributed by atoms with Crippen molar-refractivity contribution in [2.24, 2.45) is 5.73 Å². The molecule has 0 aliphatic carbocycles. The SMILES string of the molecule is COc1cccc2c1NC(=O)C2(C)CCN. The van der Waals surface area contributed by atoms with Crippen LogP contribution in [0.1, 0.15) is 18.9 Å². The van der Waals surface area contributed by atoms with Gasteiger partial charge in [-0.1, -0.05) is 12.1 Å². The number of benzene rings is 1. The first-order valence-corrected chi connectivity index (χ1v) is 5.32. The summed E-state index contributed by atoms with van der Waals surface area (Å²) in [5.74, 6) is 0.698. The maximum Gasteiger partial charge on any atom is 0.234 e. The van der Waals surface area contributed by atoms with Crippen LogP contribution >= 0.6 is 0 Å². The topological polar surface area (TPSA) is 64.3 Å². The molecule has 0 spiro atoms. The molecule has 0 radical (unpaired) electrons. The molecule has 2 rings (SSSR count). The number of nitrogens with two attached hydrogens (primary N) is 1. The lowest BCUT2D eigenvalue weighted by molar-refractivity contribution is -0.120. The highest BCUT2D eigenvalue weighted by Gasteiger charge is 2.43. The predicted octanol–water partition coefficient (Wildman–Crippen LogP) is 1.25. The number of anilines is 1. The standard InChI is InChI=1S/C12H16N2O2/c1-12(6-7-13)8-4-3-5-9(16-2)10(8)14-11(12)15/h3-5H,6-7,13H2,1-2H3,(H,14,15). The van der Waals surface area contributed by atoms with Gasteiger partial charge in [0.1, 0.15) is 5.75 Å². The highest BCUT2D eigenvalue weighted by molar-refractivity contribution is 6.07. The molecule has 0 aromatic heterocycles. The lowest BCUT2D eigenvalue weighted by Gasteiger charge is -2.21. The van der Waals surface area contributed by atoms with Crippen LogP contribution in [0.15, 0.2) is 18.2 Å². The molecule has 16 heavy (non-hydrogen) atoms. The van der Waals surface area contributed by atoms with Crippen LogP contribution in [-0.4, -0.2) is 19.6 Å². The quantitative estimate of drug-likeness (QED) is 0.805. The molecule has 1 atom stereocenters. The first kappa shape index (κ1) is 11.0. The molecule has 86 valence electrons. The summed E-state index contributed by atoms with van der Waals surface area (Å²) in [5.41, 5.74) is 6.80. The lowest BCUT2D eigenvalue weighted by atomic mass is 9.81. The fourth-order valence-corrected chi connectivity index (χ4v) is 2.20. The second-order valence-electron chi connectivity index (χ2n) is 4.21. The second kappa shape index (κ2) is 3.79. The third-order valence-electron chi connectivity index (χ3n) is 3.22. The Bertz CT molecular complexity index is 431. The van der Waals surface area contributed by atoms with Crippen LogP contribution < -0.4 is 15.8 Å². The number of para-hydroxylation sites is 1. The molecule has 1 aliphatic heterocycles. The molecule has 4 heteroatoms. The van der Waals surface area contributed by atoms with Gasteiger partial charge in [0, 0.05) is 0 Å². The van der Waals surface area contributed by atoms with Gasteiger partial charge in [0.15, 0.2) is 0 Å². The van der Waals surface area contributed by atoms with Crippen LogP contribution in [0.25, 0.3) is 0 Å². The van der Waals surface area contributed by atoms with E-state index in [0.29, 0.717) is 18.7 Å². The summed E-state index contributed by atoms with van der Waals surface area (Å²) >= 11 is 0. The highest BCUT2D eigenvalue weighted by atomic mass is 16.5. The second-order valence-corrected chi connectivity index (χ2v) is 4.21. The lowest BCUT2D eigenvalue weighted by Crippen LogP contribution is -2.33. The zero-order valence-corrected chi connectivity index (χ0v) is 9.54. The first-order chi connectivity index (χ1) is 7.63. The monoisotopic (exact) mass is 220 g/mol. The number of fused-ring (bicyclic) bond motifs is 1. The predicted molar refractivity (Wildman–Crippen MR) is 62.6 cm³/mol. The Morgan fingerprint density at radius 2 is 2.25 bits per heavy atom. The van der Waals surface area contributed by atoms with Crippen molar-refractivity contribution in [3.63, 3.8) is 0 Å². The summed E-state index contributed by atoms with van der Waals surface area (Å²) in [6.07, 6.45) is 0.638. The number of rotatable bonds is 3. The van der Waals surface area contributed by atoms with Crippen LogP contribution in [0.4, 0.5) is 5.69 Å². The molecule has 1 aromatic rings. The maximum atomic E-state index is 12.0. The average Bonchev–Trinajstić information content (AvgIpc) is 2.52. The Labute approximate surface area is 94.8 Å². The Hall–Kier alpha value is -1.55. The van der Waals surface area contributed by atoms with Crippen LogP contribution in [-0.2, 0) is 10.2 Å². The number of carbonyl (C=O) groups is 1. The molecule has 0 fully saturated rings. The first-order valence-electron chi connectivity index (χ1n) is 5.32. The van der Waals surface area contributed by atoms with E-state index in [-0.39, 0.29) is 5.91 Å². The molecule has 0 bridgehead atoms. The van der Waals surface area contributed by atoms with Crippen molar-refractivity contribution in [2.75, 3.05) is 19.0 Å². The Balaban J connectivity index is 2.53. The largest absolute Gasteiger partial charge is 0.495 e. The van der Waals surface area contributed by atoms with Crippen molar-refractivity contribution in [3.8, 4) is 5.75 Å². The van der Waals surface area contributed by atoms with E-state index in [1.165, 1.54) is 0 Å². The van der Waals surface area contributed by atoms with Gasteiger partial charge in [0.05, 0.1) is 18.2 Å². The molecule has 0 saturated heterocycles. The Morgan fingerprint density at radius 1 is 1.50 bits per heavy atom. The van der Waals surface area contributed by atoms with Gasteiger partial charge < -0.3 is 15.8 Å². The minimum Gasteiger partial charge on any atom is -0.495 e. The number of hydrogen-bond acceptors (Lipinski definition) is 3. The van der Waals surface area contributed by atoms with Crippen molar-refractivity contribution >= 4 is 11.6 Å².